The maximum absolute atomic E-state index is 13.9. The summed E-state index contributed by atoms with van der Waals surface area (Å²) in [5, 5.41) is 24.0. The quantitative estimate of drug-likeness (QED) is 0.157. The van der Waals surface area contributed by atoms with Crippen molar-refractivity contribution >= 4 is 35.7 Å². The van der Waals surface area contributed by atoms with E-state index in [1.54, 1.807) is 100 Å². The van der Waals surface area contributed by atoms with Crippen LogP contribution in [0.25, 0.3) is 0 Å². The number of amides is 5. The molecule has 0 aromatic heterocycles. The fourth-order valence-electron chi connectivity index (χ4n) is 5.72. The number of fused-ring (bicyclic) bond motifs is 10. The molecule has 2 aliphatic heterocycles. The molecule has 5 amide bonds. The first-order valence-corrected chi connectivity index (χ1v) is 18.5. The third-order valence-corrected chi connectivity index (χ3v) is 8.56. The van der Waals surface area contributed by atoms with E-state index >= 15 is 0 Å². The SMILES string of the molecule is CCCC(NC(=O)C1Cc2cccc(c2)Oc2ccc(cc2)CC(NC(=O)OC(C)(C)C)C(=O)N[C@@H](C)C(=O)N1)C(O)C(=O)NCC(=O)OCc1ccccc1. The van der Waals surface area contributed by atoms with Crippen LogP contribution in [0.2, 0.25) is 0 Å². The molecule has 300 valence electrons. The van der Waals surface area contributed by atoms with Crippen molar-refractivity contribution in [3.05, 3.63) is 95.6 Å². The highest BCUT2D eigenvalue weighted by atomic mass is 16.6. The summed E-state index contributed by atoms with van der Waals surface area (Å²) in [4.78, 5) is 79.1. The van der Waals surface area contributed by atoms with Crippen molar-refractivity contribution in [2.45, 2.75) is 103 Å². The number of alkyl carbamates (subject to hydrolysis) is 1. The maximum Gasteiger partial charge on any atom is 0.408 e. The van der Waals surface area contributed by atoms with Gasteiger partial charge in [0.05, 0.1) is 6.04 Å². The smallest absolute Gasteiger partial charge is 0.408 e. The molecule has 5 rings (SSSR count). The molecule has 56 heavy (non-hydrogen) atoms. The molecule has 5 atom stereocenters. The molecule has 4 unspecified atom stereocenters. The van der Waals surface area contributed by atoms with Gasteiger partial charge >= 0.3 is 12.1 Å². The predicted molar refractivity (Wildman–Crippen MR) is 205 cm³/mol. The second-order valence-electron chi connectivity index (χ2n) is 14.5. The van der Waals surface area contributed by atoms with Crippen LogP contribution < -0.4 is 31.3 Å². The molecule has 4 bridgehead atoms. The molecule has 2 aliphatic rings. The van der Waals surface area contributed by atoms with Crippen LogP contribution in [0.5, 0.6) is 11.5 Å². The van der Waals surface area contributed by atoms with Crippen LogP contribution in [-0.4, -0.2) is 83.2 Å². The van der Waals surface area contributed by atoms with Gasteiger partial charge in [0.1, 0.15) is 48.4 Å². The third-order valence-electron chi connectivity index (χ3n) is 8.56. The molecule has 0 spiro atoms. The number of esters is 1. The molecule has 0 saturated carbocycles. The number of hydrogen-bond acceptors (Lipinski definition) is 10. The average Bonchev–Trinajstić information content (AvgIpc) is 3.15. The highest BCUT2D eigenvalue weighted by Gasteiger charge is 2.33. The molecule has 0 radical (unpaired) electrons. The molecular formula is C41H51N5O10. The number of aliphatic hydroxyl groups excluding tert-OH is 1. The normalized spacial score (nSPS) is 18.4. The molecule has 0 aliphatic carbocycles. The van der Waals surface area contributed by atoms with Gasteiger partial charge in [0, 0.05) is 12.8 Å². The molecule has 0 fully saturated rings. The number of hydrogen-bond donors (Lipinski definition) is 6. The Morgan fingerprint density at radius 2 is 1.61 bits per heavy atom. The number of ether oxygens (including phenoxy) is 3. The summed E-state index contributed by atoms with van der Waals surface area (Å²) in [7, 11) is 0. The molecule has 2 heterocycles. The fourth-order valence-corrected chi connectivity index (χ4v) is 5.72. The Labute approximate surface area is 326 Å². The van der Waals surface area contributed by atoms with Crippen LogP contribution in [0.3, 0.4) is 0 Å². The fraction of sp³-hybridized carbons (Fsp3) is 0.415. The van der Waals surface area contributed by atoms with E-state index in [0.29, 0.717) is 29.0 Å². The highest BCUT2D eigenvalue weighted by molar-refractivity contribution is 5.94. The Hall–Kier alpha value is -5.96. The zero-order valence-corrected chi connectivity index (χ0v) is 32.3. The largest absolute Gasteiger partial charge is 0.460 e. The Morgan fingerprint density at radius 3 is 2.29 bits per heavy atom. The third kappa shape index (κ3) is 13.7. The molecule has 3 aromatic carbocycles. The monoisotopic (exact) mass is 773 g/mol. The van der Waals surface area contributed by atoms with E-state index in [1.165, 1.54) is 6.92 Å². The second kappa shape index (κ2) is 20.1. The number of benzene rings is 3. The lowest BCUT2D eigenvalue weighted by Crippen LogP contribution is -2.59. The Balaban J connectivity index is 1.52. The lowest BCUT2D eigenvalue weighted by molar-refractivity contribution is -0.146. The van der Waals surface area contributed by atoms with Gasteiger partial charge in [-0.15, -0.1) is 0 Å². The van der Waals surface area contributed by atoms with E-state index in [4.69, 9.17) is 14.2 Å². The summed E-state index contributed by atoms with van der Waals surface area (Å²) in [5.74, 6) is -2.77. The Kier molecular flexibility index (Phi) is 15.4. The van der Waals surface area contributed by atoms with E-state index in [9.17, 15) is 33.9 Å². The zero-order valence-electron chi connectivity index (χ0n) is 32.3. The first-order chi connectivity index (χ1) is 26.6. The van der Waals surface area contributed by atoms with Crippen molar-refractivity contribution in [1.82, 2.24) is 26.6 Å². The van der Waals surface area contributed by atoms with Gasteiger partial charge in [-0.2, -0.15) is 0 Å². The van der Waals surface area contributed by atoms with Gasteiger partial charge in [0.25, 0.3) is 5.91 Å². The Bertz CT molecular complexity index is 1830. The summed E-state index contributed by atoms with van der Waals surface area (Å²) in [6.45, 7) is 7.80. The van der Waals surface area contributed by atoms with E-state index in [2.05, 4.69) is 26.6 Å². The lowest BCUT2D eigenvalue weighted by atomic mass is 10.0. The van der Waals surface area contributed by atoms with Crippen molar-refractivity contribution in [3.63, 3.8) is 0 Å². The van der Waals surface area contributed by atoms with Crippen LogP contribution in [0.4, 0.5) is 4.79 Å². The van der Waals surface area contributed by atoms with Gasteiger partial charge in [-0.1, -0.05) is 67.9 Å². The van der Waals surface area contributed by atoms with Crippen LogP contribution in [0.1, 0.15) is 64.2 Å². The van der Waals surface area contributed by atoms with Gasteiger partial charge in [-0.05, 0) is 75.1 Å². The standard InChI is InChI=1S/C41H51N5O10/c1-6-11-31(35(48)39(52)42-23-34(47)54-24-27-12-8-7-9-13-27)44-38(51)32-22-28-14-10-15-30(20-28)55-29-18-16-26(17-19-29)21-33(46-40(53)56-41(3,4)5)37(50)43-25(2)36(49)45-32/h7-10,12-20,25,31-33,35,48H,6,11,21-24H2,1-5H3,(H,42,52)(H,43,50)(H,44,51)(H,45,49)(H,46,53)/t25-,31?,32?,33?,35?/m0/s1. The molecule has 0 saturated heterocycles. The number of carbonyl (C=O) groups is 6. The minimum atomic E-state index is -1.75. The van der Waals surface area contributed by atoms with Gasteiger partial charge in [0.15, 0.2) is 6.10 Å². The van der Waals surface area contributed by atoms with Crippen LogP contribution in [0, 0.1) is 0 Å². The topological polar surface area (TPSA) is 210 Å². The summed E-state index contributed by atoms with van der Waals surface area (Å²) in [6.07, 6.45) is -1.90. The molecule has 3 aromatic rings. The van der Waals surface area contributed by atoms with Crippen molar-refractivity contribution in [2.75, 3.05) is 6.54 Å². The minimum Gasteiger partial charge on any atom is -0.460 e. The molecule has 15 heteroatoms. The van der Waals surface area contributed by atoms with Crippen molar-refractivity contribution < 1.29 is 48.1 Å². The first-order valence-electron chi connectivity index (χ1n) is 18.5. The van der Waals surface area contributed by atoms with Gasteiger partial charge in [-0.3, -0.25) is 24.0 Å². The number of carbonyl (C=O) groups excluding carboxylic acids is 6. The summed E-state index contributed by atoms with van der Waals surface area (Å²) in [5.41, 5.74) is 1.24. The van der Waals surface area contributed by atoms with Gasteiger partial charge in [0.2, 0.25) is 17.7 Å². The lowest BCUT2D eigenvalue weighted by Gasteiger charge is -2.27. The van der Waals surface area contributed by atoms with E-state index < -0.39 is 78.1 Å². The van der Waals surface area contributed by atoms with Crippen molar-refractivity contribution in [2.24, 2.45) is 0 Å². The van der Waals surface area contributed by atoms with Crippen molar-refractivity contribution in [1.29, 1.82) is 0 Å². The molecule has 6 N–H and O–H groups in total. The predicted octanol–water partition coefficient (Wildman–Crippen LogP) is 2.97. The van der Waals surface area contributed by atoms with Crippen LogP contribution in [0.15, 0.2) is 78.9 Å². The zero-order chi connectivity index (χ0) is 40.8. The van der Waals surface area contributed by atoms with Crippen LogP contribution >= 0.6 is 0 Å². The second-order valence-corrected chi connectivity index (χ2v) is 14.5. The minimum absolute atomic E-state index is 0.00759. The summed E-state index contributed by atoms with van der Waals surface area (Å²) >= 11 is 0. The first kappa shape index (κ1) is 42.8. The van der Waals surface area contributed by atoms with E-state index in [0.717, 1.165) is 5.56 Å². The summed E-state index contributed by atoms with van der Waals surface area (Å²) < 4.78 is 16.6. The van der Waals surface area contributed by atoms with Crippen molar-refractivity contribution in [3.8, 4) is 11.5 Å². The van der Waals surface area contributed by atoms with E-state index in [1.807, 2.05) is 6.07 Å². The number of nitrogens with one attached hydrogen (secondary N) is 5. The molecule has 15 nitrogen and oxygen atoms in total. The van der Waals surface area contributed by atoms with E-state index in [-0.39, 0.29) is 25.9 Å². The number of aliphatic hydroxyl groups is 1. The summed E-state index contributed by atoms with van der Waals surface area (Å²) in [6, 6.07) is 18.2. The van der Waals surface area contributed by atoms with Gasteiger partial charge in [-0.25, -0.2) is 4.79 Å². The highest BCUT2D eigenvalue weighted by Crippen LogP contribution is 2.24. The van der Waals surface area contributed by atoms with Crippen LogP contribution in [-0.2, 0) is 52.9 Å². The maximum atomic E-state index is 13.9. The Morgan fingerprint density at radius 1 is 0.893 bits per heavy atom. The molecular weight excluding hydrogens is 722 g/mol. The average molecular weight is 774 g/mol. The van der Waals surface area contributed by atoms with Gasteiger partial charge < -0.3 is 45.9 Å². The number of rotatable bonds is 11.